The second-order valence-corrected chi connectivity index (χ2v) is 5.11. The van der Waals surface area contributed by atoms with Crippen molar-refractivity contribution < 1.29 is 19.9 Å². The van der Waals surface area contributed by atoms with Crippen LogP contribution >= 0.6 is 0 Å². The number of anilines is 1. The molecule has 0 saturated heterocycles. The molecule has 1 fully saturated rings. The number of aliphatic hydroxyl groups excluding tert-OH is 1. The van der Waals surface area contributed by atoms with E-state index in [1.165, 1.54) is 0 Å². The molecule has 1 aromatic heterocycles. The van der Waals surface area contributed by atoms with E-state index in [9.17, 15) is 20.0 Å². The summed E-state index contributed by atoms with van der Waals surface area (Å²) in [6.45, 7) is 0. The van der Waals surface area contributed by atoms with Crippen molar-refractivity contribution in [2.24, 2.45) is 0 Å². The van der Waals surface area contributed by atoms with E-state index in [4.69, 9.17) is 5.11 Å². The number of nitrogens with one attached hydrogen (secondary N) is 1. The van der Waals surface area contributed by atoms with Crippen molar-refractivity contribution >= 4 is 17.5 Å². The van der Waals surface area contributed by atoms with Crippen LogP contribution < -0.4 is 5.32 Å². The lowest BCUT2D eigenvalue weighted by Crippen LogP contribution is -2.32. The maximum absolute atomic E-state index is 11.1. The molecule has 3 N–H and O–H groups in total. The number of nitro groups is 1. The molecule has 1 heterocycles. The SMILES string of the molecule is O=C(O)c1cc(NC2CCCCCC2O)ncc1[N+](=O)[O-]. The molecule has 2 unspecified atom stereocenters. The van der Waals surface area contributed by atoms with Gasteiger partial charge < -0.3 is 15.5 Å². The molecule has 1 saturated carbocycles. The summed E-state index contributed by atoms with van der Waals surface area (Å²) >= 11 is 0. The lowest BCUT2D eigenvalue weighted by molar-refractivity contribution is -0.385. The average Bonchev–Trinajstić information content (AvgIpc) is 2.64. The van der Waals surface area contributed by atoms with Gasteiger partial charge in [-0.3, -0.25) is 10.1 Å². The minimum Gasteiger partial charge on any atom is -0.477 e. The highest BCUT2D eigenvalue weighted by atomic mass is 16.6. The van der Waals surface area contributed by atoms with Crippen LogP contribution in [-0.4, -0.2) is 38.2 Å². The first-order chi connectivity index (χ1) is 9.99. The lowest BCUT2D eigenvalue weighted by Gasteiger charge is -2.22. The summed E-state index contributed by atoms with van der Waals surface area (Å²) in [5.74, 6) is -1.16. The van der Waals surface area contributed by atoms with Crippen LogP contribution in [0.3, 0.4) is 0 Å². The molecule has 2 atom stereocenters. The number of hydrogen-bond acceptors (Lipinski definition) is 6. The Labute approximate surface area is 121 Å². The van der Waals surface area contributed by atoms with Gasteiger partial charge in [-0.25, -0.2) is 9.78 Å². The van der Waals surface area contributed by atoms with Crippen LogP contribution in [0.25, 0.3) is 0 Å². The van der Waals surface area contributed by atoms with E-state index in [1.807, 2.05) is 0 Å². The van der Waals surface area contributed by atoms with Gasteiger partial charge >= 0.3 is 11.7 Å². The highest BCUT2D eigenvalue weighted by molar-refractivity contribution is 5.93. The first-order valence-corrected chi connectivity index (χ1v) is 6.81. The number of nitrogens with zero attached hydrogens (tertiary/aromatic N) is 2. The van der Waals surface area contributed by atoms with Gasteiger partial charge in [-0.2, -0.15) is 0 Å². The molecule has 114 valence electrons. The standard InChI is InChI=1S/C13H17N3O5/c17-11-5-3-1-2-4-9(11)15-12-6-8(13(18)19)10(7-14-12)16(20)21/h6-7,9,11,17H,1-5H2,(H,14,15)(H,18,19). The van der Waals surface area contributed by atoms with Crippen molar-refractivity contribution in [3.63, 3.8) is 0 Å². The van der Waals surface area contributed by atoms with E-state index >= 15 is 0 Å². The van der Waals surface area contributed by atoms with Crippen molar-refractivity contribution in [2.45, 2.75) is 44.2 Å². The van der Waals surface area contributed by atoms with Crippen molar-refractivity contribution in [2.75, 3.05) is 5.32 Å². The number of carboxylic acid groups (broad SMARTS) is 1. The summed E-state index contributed by atoms with van der Waals surface area (Å²) in [5.41, 5.74) is -0.963. The molecule has 0 amide bonds. The number of aromatic carboxylic acids is 1. The quantitative estimate of drug-likeness (QED) is 0.439. The Bertz CT molecular complexity index is 549. The Balaban J connectivity index is 2.22. The smallest absolute Gasteiger partial charge is 0.342 e. The summed E-state index contributed by atoms with van der Waals surface area (Å²) in [5, 5.41) is 32.8. The fourth-order valence-electron chi connectivity index (χ4n) is 2.49. The van der Waals surface area contributed by atoms with E-state index in [2.05, 4.69) is 10.3 Å². The molecule has 8 heteroatoms. The fourth-order valence-corrected chi connectivity index (χ4v) is 2.49. The number of aromatic nitrogens is 1. The second-order valence-electron chi connectivity index (χ2n) is 5.11. The Kier molecular flexibility index (Phi) is 4.69. The summed E-state index contributed by atoms with van der Waals surface area (Å²) in [6.07, 6.45) is 4.79. The van der Waals surface area contributed by atoms with Crippen LogP contribution in [0.1, 0.15) is 42.5 Å². The minimum atomic E-state index is -1.38. The third kappa shape index (κ3) is 3.66. The van der Waals surface area contributed by atoms with Gasteiger partial charge in [-0.15, -0.1) is 0 Å². The minimum absolute atomic E-state index is 0.219. The topological polar surface area (TPSA) is 126 Å². The Morgan fingerprint density at radius 2 is 2.10 bits per heavy atom. The van der Waals surface area contributed by atoms with E-state index in [0.29, 0.717) is 6.42 Å². The summed E-state index contributed by atoms with van der Waals surface area (Å²) < 4.78 is 0. The van der Waals surface area contributed by atoms with Crippen molar-refractivity contribution in [1.29, 1.82) is 0 Å². The van der Waals surface area contributed by atoms with Gasteiger partial charge in [0.2, 0.25) is 0 Å². The number of rotatable bonds is 4. The van der Waals surface area contributed by atoms with E-state index in [-0.39, 0.29) is 11.9 Å². The van der Waals surface area contributed by atoms with Crippen molar-refractivity contribution in [3.8, 4) is 0 Å². The second kappa shape index (κ2) is 6.49. The molecular weight excluding hydrogens is 278 g/mol. The molecule has 0 radical (unpaired) electrons. The monoisotopic (exact) mass is 295 g/mol. The Morgan fingerprint density at radius 3 is 2.76 bits per heavy atom. The van der Waals surface area contributed by atoms with Crippen molar-refractivity contribution in [3.05, 3.63) is 27.9 Å². The Morgan fingerprint density at radius 1 is 1.38 bits per heavy atom. The summed E-state index contributed by atoms with van der Waals surface area (Å²) in [4.78, 5) is 24.9. The van der Waals surface area contributed by atoms with Crippen molar-refractivity contribution in [1.82, 2.24) is 4.98 Å². The van der Waals surface area contributed by atoms with Crippen LogP contribution in [0.15, 0.2) is 12.3 Å². The maximum atomic E-state index is 11.1. The number of carbonyl (C=O) groups is 1. The molecule has 0 aliphatic heterocycles. The highest BCUT2D eigenvalue weighted by Gasteiger charge is 2.24. The zero-order valence-corrected chi connectivity index (χ0v) is 11.4. The zero-order valence-electron chi connectivity index (χ0n) is 11.4. The molecule has 0 aromatic carbocycles. The predicted molar refractivity (Wildman–Crippen MR) is 74.4 cm³/mol. The van der Waals surface area contributed by atoms with Crippen LogP contribution in [0.4, 0.5) is 11.5 Å². The van der Waals surface area contributed by atoms with Crippen LogP contribution in [0.5, 0.6) is 0 Å². The highest BCUT2D eigenvalue weighted by Crippen LogP contribution is 2.24. The maximum Gasteiger partial charge on any atom is 0.342 e. The Hall–Kier alpha value is -2.22. The fraction of sp³-hybridized carbons (Fsp3) is 0.538. The number of carboxylic acids is 1. The molecule has 2 rings (SSSR count). The lowest BCUT2D eigenvalue weighted by atomic mass is 10.1. The number of pyridine rings is 1. The van der Waals surface area contributed by atoms with E-state index < -0.39 is 28.2 Å². The van der Waals surface area contributed by atoms with E-state index in [0.717, 1.165) is 37.9 Å². The molecule has 1 aliphatic carbocycles. The molecule has 0 spiro atoms. The number of aliphatic hydroxyl groups is 1. The number of hydrogen-bond donors (Lipinski definition) is 3. The first kappa shape index (κ1) is 15.2. The van der Waals surface area contributed by atoms with Crippen LogP contribution in [0, 0.1) is 10.1 Å². The molecule has 0 bridgehead atoms. The van der Waals surface area contributed by atoms with Crippen LogP contribution in [0.2, 0.25) is 0 Å². The van der Waals surface area contributed by atoms with Gasteiger partial charge in [-0.1, -0.05) is 19.3 Å². The third-order valence-electron chi connectivity index (χ3n) is 3.62. The van der Waals surface area contributed by atoms with Gasteiger partial charge in [0.15, 0.2) is 0 Å². The summed E-state index contributed by atoms with van der Waals surface area (Å²) in [6, 6.07) is 0.918. The average molecular weight is 295 g/mol. The molecule has 8 nitrogen and oxygen atoms in total. The van der Waals surface area contributed by atoms with E-state index in [1.54, 1.807) is 0 Å². The van der Waals surface area contributed by atoms with Crippen LogP contribution in [-0.2, 0) is 0 Å². The molecular formula is C13H17N3O5. The zero-order chi connectivity index (χ0) is 15.4. The normalized spacial score (nSPS) is 22.3. The van der Waals surface area contributed by atoms with Gasteiger partial charge in [0, 0.05) is 6.07 Å². The largest absolute Gasteiger partial charge is 0.477 e. The molecule has 1 aromatic rings. The van der Waals surface area contributed by atoms with Gasteiger partial charge in [0.05, 0.1) is 17.1 Å². The third-order valence-corrected chi connectivity index (χ3v) is 3.62. The molecule has 21 heavy (non-hydrogen) atoms. The van der Waals surface area contributed by atoms with Gasteiger partial charge in [0.25, 0.3) is 0 Å². The predicted octanol–water partition coefficient (Wildman–Crippen LogP) is 1.79. The summed E-state index contributed by atoms with van der Waals surface area (Å²) in [7, 11) is 0. The first-order valence-electron chi connectivity index (χ1n) is 6.81. The van der Waals surface area contributed by atoms with Gasteiger partial charge in [-0.05, 0) is 12.8 Å². The molecule has 1 aliphatic rings. The van der Waals surface area contributed by atoms with Gasteiger partial charge in [0.1, 0.15) is 17.6 Å².